The summed E-state index contributed by atoms with van der Waals surface area (Å²) >= 11 is 1.51. The molecule has 30 heavy (non-hydrogen) atoms. The van der Waals surface area contributed by atoms with Crippen LogP contribution in [0.1, 0.15) is 30.3 Å². The minimum atomic E-state index is -0.182. The molecule has 156 valence electrons. The summed E-state index contributed by atoms with van der Waals surface area (Å²) in [4.78, 5) is 20.7. The van der Waals surface area contributed by atoms with Crippen molar-refractivity contribution in [3.63, 3.8) is 0 Å². The number of carbonyl (C=O) groups is 1. The van der Waals surface area contributed by atoms with E-state index < -0.39 is 0 Å². The van der Waals surface area contributed by atoms with E-state index in [1.165, 1.54) is 17.4 Å². The van der Waals surface area contributed by atoms with Gasteiger partial charge in [0.05, 0.1) is 26.0 Å². The summed E-state index contributed by atoms with van der Waals surface area (Å²) in [6, 6.07) is 9.44. The Morgan fingerprint density at radius 3 is 2.80 bits per heavy atom. The highest BCUT2D eigenvalue weighted by atomic mass is 32.1. The standard InChI is InChI=1S/C23H25N3O3S/c1-3-4-13-29-20-7-5-17(14-21(20)28-2)6-8-22(27)25-15-23-26-19(16-30-23)18-9-11-24-12-10-18/h5-12,14,16H,3-4,13,15H2,1-2H3,(H,25,27)/b8-6+. The molecule has 0 saturated carbocycles. The molecule has 1 N–H and O–H groups in total. The molecular weight excluding hydrogens is 398 g/mol. The molecule has 0 unspecified atom stereocenters. The molecule has 6 nitrogen and oxygen atoms in total. The molecule has 0 saturated heterocycles. The van der Waals surface area contributed by atoms with Crippen molar-refractivity contribution in [2.45, 2.75) is 26.3 Å². The summed E-state index contributed by atoms with van der Waals surface area (Å²) in [5.41, 5.74) is 2.75. The number of unbranched alkanes of at least 4 members (excludes halogenated alkanes) is 1. The van der Waals surface area contributed by atoms with Crippen LogP contribution in [0.4, 0.5) is 0 Å². The third kappa shape index (κ3) is 6.15. The molecule has 3 rings (SSSR count). The van der Waals surface area contributed by atoms with Crippen LogP contribution in [0, 0.1) is 0 Å². The number of methoxy groups -OCH3 is 1. The van der Waals surface area contributed by atoms with Crippen LogP contribution < -0.4 is 14.8 Å². The van der Waals surface area contributed by atoms with Crippen molar-refractivity contribution in [2.75, 3.05) is 13.7 Å². The Morgan fingerprint density at radius 1 is 1.20 bits per heavy atom. The Hall–Kier alpha value is -3.19. The highest BCUT2D eigenvalue weighted by Crippen LogP contribution is 2.28. The maximum Gasteiger partial charge on any atom is 0.244 e. The van der Waals surface area contributed by atoms with Gasteiger partial charge in [-0.3, -0.25) is 9.78 Å². The molecule has 1 aromatic carbocycles. The molecule has 3 aromatic rings. The molecule has 1 amide bonds. The predicted octanol–water partition coefficient (Wildman–Crippen LogP) is 4.72. The summed E-state index contributed by atoms with van der Waals surface area (Å²) in [6.07, 6.45) is 8.79. The van der Waals surface area contributed by atoms with Gasteiger partial charge in [0.2, 0.25) is 5.91 Å². The van der Waals surface area contributed by atoms with Crippen LogP contribution in [0.25, 0.3) is 17.3 Å². The van der Waals surface area contributed by atoms with Crippen LogP contribution in [-0.2, 0) is 11.3 Å². The van der Waals surface area contributed by atoms with Crippen LogP contribution in [0.15, 0.2) is 54.2 Å². The number of hydrogen-bond acceptors (Lipinski definition) is 6. The Morgan fingerprint density at radius 2 is 2.03 bits per heavy atom. The quantitative estimate of drug-likeness (QED) is 0.377. The Labute approximate surface area is 180 Å². The topological polar surface area (TPSA) is 73.3 Å². The lowest BCUT2D eigenvalue weighted by molar-refractivity contribution is -0.116. The number of ether oxygens (including phenoxy) is 2. The van der Waals surface area contributed by atoms with E-state index in [-0.39, 0.29) is 5.91 Å². The maximum absolute atomic E-state index is 12.2. The van der Waals surface area contributed by atoms with Crippen LogP contribution in [0.5, 0.6) is 11.5 Å². The number of nitrogens with one attached hydrogen (secondary N) is 1. The van der Waals surface area contributed by atoms with Gasteiger partial charge in [-0.2, -0.15) is 0 Å². The zero-order valence-electron chi connectivity index (χ0n) is 17.1. The first kappa shape index (κ1) is 21.5. The summed E-state index contributed by atoms with van der Waals surface area (Å²) in [6.45, 7) is 3.16. The van der Waals surface area contributed by atoms with E-state index in [0.717, 1.165) is 34.7 Å². The molecule has 0 atom stereocenters. The fraction of sp³-hybridized carbons (Fsp3) is 0.261. The average molecular weight is 424 g/mol. The van der Waals surface area contributed by atoms with Crippen molar-refractivity contribution in [1.82, 2.24) is 15.3 Å². The number of nitrogens with zero attached hydrogens (tertiary/aromatic N) is 2. The third-order valence-electron chi connectivity index (χ3n) is 4.31. The molecule has 0 aliphatic rings. The molecule has 0 spiro atoms. The number of hydrogen-bond donors (Lipinski definition) is 1. The van der Waals surface area contributed by atoms with Gasteiger partial charge in [-0.05, 0) is 42.3 Å². The van der Waals surface area contributed by atoms with Gasteiger partial charge >= 0.3 is 0 Å². The summed E-state index contributed by atoms with van der Waals surface area (Å²) in [7, 11) is 1.61. The van der Waals surface area contributed by atoms with Crippen molar-refractivity contribution in [3.05, 3.63) is 64.8 Å². The third-order valence-corrected chi connectivity index (χ3v) is 5.16. The van der Waals surface area contributed by atoms with Crippen LogP contribution in [-0.4, -0.2) is 29.6 Å². The first-order valence-electron chi connectivity index (χ1n) is 9.81. The van der Waals surface area contributed by atoms with Crippen LogP contribution in [0.3, 0.4) is 0 Å². The summed E-state index contributed by atoms with van der Waals surface area (Å²) in [5, 5.41) is 5.68. The van der Waals surface area contributed by atoms with Gasteiger partial charge in [0.25, 0.3) is 0 Å². The monoisotopic (exact) mass is 423 g/mol. The molecule has 0 radical (unpaired) electrons. The van der Waals surface area contributed by atoms with Gasteiger partial charge in [0.15, 0.2) is 11.5 Å². The Kier molecular flexibility index (Phi) is 7.97. The lowest BCUT2D eigenvalue weighted by Crippen LogP contribution is -2.20. The number of aromatic nitrogens is 2. The molecular formula is C23H25N3O3S. The van der Waals surface area contributed by atoms with Gasteiger partial charge < -0.3 is 14.8 Å². The minimum Gasteiger partial charge on any atom is -0.493 e. The predicted molar refractivity (Wildman–Crippen MR) is 120 cm³/mol. The maximum atomic E-state index is 12.2. The first-order valence-corrected chi connectivity index (χ1v) is 10.7. The van der Waals surface area contributed by atoms with E-state index in [4.69, 9.17) is 9.47 Å². The number of amides is 1. The fourth-order valence-corrected chi connectivity index (χ4v) is 3.42. The minimum absolute atomic E-state index is 0.182. The second-order valence-corrected chi connectivity index (χ2v) is 7.47. The normalized spacial score (nSPS) is 10.9. The highest BCUT2D eigenvalue weighted by Gasteiger charge is 2.07. The second kappa shape index (κ2) is 11.1. The van der Waals surface area contributed by atoms with Gasteiger partial charge in [0, 0.05) is 29.4 Å². The molecule has 0 bridgehead atoms. The molecule has 0 aliphatic carbocycles. The molecule has 0 aliphatic heterocycles. The fourth-order valence-electron chi connectivity index (χ4n) is 2.67. The van der Waals surface area contributed by atoms with Crippen molar-refractivity contribution < 1.29 is 14.3 Å². The van der Waals surface area contributed by atoms with E-state index >= 15 is 0 Å². The highest BCUT2D eigenvalue weighted by molar-refractivity contribution is 7.09. The summed E-state index contributed by atoms with van der Waals surface area (Å²) < 4.78 is 11.1. The van der Waals surface area contributed by atoms with Crippen molar-refractivity contribution in [1.29, 1.82) is 0 Å². The van der Waals surface area contributed by atoms with Crippen molar-refractivity contribution in [3.8, 4) is 22.8 Å². The van der Waals surface area contributed by atoms with E-state index in [1.807, 2.05) is 35.7 Å². The SMILES string of the molecule is CCCCOc1ccc(/C=C/C(=O)NCc2nc(-c3ccncc3)cs2)cc1OC. The number of thiazole rings is 1. The Balaban J connectivity index is 1.54. The molecule has 7 heteroatoms. The molecule has 0 fully saturated rings. The van der Waals surface area contributed by atoms with Crippen molar-refractivity contribution in [2.24, 2.45) is 0 Å². The average Bonchev–Trinajstić information content (AvgIpc) is 3.26. The van der Waals surface area contributed by atoms with Gasteiger partial charge in [-0.1, -0.05) is 19.4 Å². The van der Waals surface area contributed by atoms with E-state index in [0.29, 0.717) is 24.7 Å². The van der Waals surface area contributed by atoms with E-state index in [2.05, 4.69) is 22.2 Å². The van der Waals surface area contributed by atoms with Gasteiger partial charge in [-0.15, -0.1) is 11.3 Å². The molecule has 2 aromatic heterocycles. The molecule has 2 heterocycles. The number of benzene rings is 1. The number of pyridine rings is 1. The largest absolute Gasteiger partial charge is 0.493 e. The zero-order chi connectivity index (χ0) is 21.2. The lowest BCUT2D eigenvalue weighted by atomic mass is 10.2. The van der Waals surface area contributed by atoms with Crippen molar-refractivity contribution >= 4 is 23.3 Å². The smallest absolute Gasteiger partial charge is 0.244 e. The van der Waals surface area contributed by atoms with E-state index in [1.54, 1.807) is 25.6 Å². The van der Waals surface area contributed by atoms with Gasteiger partial charge in [0.1, 0.15) is 5.01 Å². The lowest BCUT2D eigenvalue weighted by Gasteiger charge is -2.10. The second-order valence-electron chi connectivity index (χ2n) is 6.53. The summed E-state index contributed by atoms with van der Waals surface area (Å²) in [5.74, 6) is 1.18. The van der Waals surface area contributed by atoms with Crippen LogP contribution >= 0.6 is 11.3 Å². The Bertz CT molecular complexity index is 986. The number of rotatable bonds is 10. The van der Waals surface area contributed by atoms with E-state index in [9.17, 15) is 4.79 Å². The number of carbonyl (C=O) groups excluding carboxylic acids is 1. The van der Waals surface area contributed by atoms with Crippen LogP contribution in [0.2, 0.25) is 0 Å². The first-order chi connectivity index (χ1) is 14.7. The zero-order valence-corrected chi connectivity index (χ0v) is 17.9. The van der Waals surface area contributed by atoms with Gasteiger partial charge in [-0.25, -0.2) is 4.98 Å².